The number of hydrogen-bond acceptors (Lipinski definition) is 5. The number of aromatic nitrogens is 2. The lowest BCUT2D eigenvalue weighted by Crippen LogP contribution is -2.04. The van der Waals surface area contributed by atoms with Crippen LogP contribution in [0.3, 0.4) is 0 Å². The Labute approximate surface area is 146 Å². The van der Waals surface area contributed by atoms with Gasteiger partial charge in [-0.3, -0.25) is 0 Å². The van der Waals surface area contributed by atoms with Crippen molar-refractivity contribution >= 4 is 17.4 Å². The van der Waals surface area contributed by atoms with Gasteiger partial charge in [-0.05, 0) is 30.5 Å². The van der Waals surface area contributed by atoms with Crippen LogP contribution >= 0.6 is 11.8 Å². The third-order valence-electron chi connectivity index (χ3n) is 3.48. The maximum absolute atomic E-state index is 12.6. The van der Waals surface area contributed by atoms with Gasteiger partial charge in [0.05, 0.1) is 12.1 Å². The highest BCUT2D eigenvalue weighted by Crippen LogP contribution is 2.30. The van der Waals surface area contributed by atoms with Crippen LogP contribution in [0.2, 0.25) is 0 Å². The third kappa shape index (κ3) is 4.14. The summed E-state index contributed by atoms with van der Waals surface area (Å²) in [7, 11) is 0. The first kappa shape index (κ1) is 17.3. The van der Waals surface area contributed by atoms with Crippen LogP contribution in [0.15, 0.2) is 57.9 Å². The molecule has 1 heterocycles. The molecule has 0 fully saturated rings. The fourth-order valence-corrected chi connectivity index (χ4v) is 2.79. The second-order valence-corrected chi connectivity index (χ2v) is 5.99. The van der Waals surface area contributed by atoms with Crippen LogP contribution in [0.4, 0.5) is 18.9 Å². The van der Waals surface area contributed by atoms with Gasteiger partial charge in [0.1, 0.15) is 0 Å². The molecule has 25 heavy (non-hydrogen) atoms. The summed E-state index contributed by atoms with van der Waals surface area (Å²) in [5.74, 6) is 0.606. The molecule has 0 saturated carbocycles. The van der Waals surface area contributed by atoms with E-state index >= 15 is 0 Å². The highest BCUT2D eigenvalue weighted by molar-refractivity contribution is 7.98. The molecular formula is C17H14F3N3OS. The first-order valence-corrected chi connectivity index (χ1v) is 8.57. The Bertz CT molecular complexity index is 847. The second kappa shape index (κ2) is 7.18. The van der Waals surface area contributed by atoms with Gasteiger partial charge in [-0.15, -0.1) is 11.8 Å². The maximum atomic E-state index is 12.6. The fraction of sp³-hybridized carbons (Fsp3) is 0.176. The molecule has 4 nitrogen and oxygen atoms in total. The van der Waals surface area contributed by atoms with E-state index in [1.807, 2.05) is 30.5 Å². The zero-order valence-electron chi connectivity index (χ0n) is 13.2. The van der Waals surface area contributed by atoms with Crippen molar-refractivity contribution in [1.29, 1.82) is 0 Å². The molecule has 1 N–H and O–H groups in total. The lowest BCUT2D eigenvalue weighted by atomic mass is 10.1. The van der Waals surface area contributed by atoms with Crippen molar-refractivity contribution in [3.63, 3.8) is 0 Å². The van der Waals surface area contributed by atoms with Gasteiger partial charge in [-0.1, -0.05) is 29.4 Å². The number of thioether (sulfide) groups is 1. The van der Waals surface area contributed by atoms with E-state index in [0.717, 1.165) is 22.7 Å². The first-order valence-electron chi connectivity index (χ1n) is 7.34. The van der Waals surface area contributed by atoms with Crippen molar-refractivity contribution in [3.8, 4) is 11.4 Å². The number of nitrogens with zero attached hydrogens (tertiary/aromatic N) is 2. The van der Waals surface area contributed by atoms with Crippen LogP contribution in [0.1, 0.15) is 11.5 Å². The summed E-state index contributed by atoms with van der Waals surface area (Å²) in [5, 5.41) is 7.03. The predicted octanol–water partition coefficient (Wildman–Crippen LogP) is 5.09. The van der Waals surface area contributed by atoms with E-state index < -0.39 is 11.7 Å². The van der Waals surface area contributed by atoms with Crippen molar-refractivity contribution in [3.05, 3.63) is 60.0 Å². The molecule has 2 aromatic carbocycles. The Hall–Kier alpha value is -2.48. The third-order valence-corrected chi connectivity index (χ3v) is 4.27. The molecule has 0 bridgehead atoms. The van der Waals surface area contributed by atoms with Crippen molar-refractivity contribution in [2.45, 2.75) is 17.6 Å². The molecule has 0 aliphatic rings. The van der Waals surface area contributed by atoms with Gasteiger partial charge in [0.25, 0.3) is 0 Å². The molecule has 0 radical (unpaired) electrons. The quantitative estimate of drug-likeness (QED) is 0.638. The number of halogens is 3. The Morgan fingerprint density at radius 2 is 1.80 bits per heavy atom. The van der Waals surface area contributed by atoms with Crippen LogP contribution in [0.25, 0.3) is 11.4 Å². The normalized spacial score (nSPS) is 11.5. The van der Waals surface area contributed by atoms with Gasteiger partial charge in [0.15, 0.2) is 0 Å². The summed E-state index contributed by atoms with van der Waals surface area (Å²) in [6, 6.07) is 12.5. The number of nitrogens with one attached hydrogen (secondary N) is 1. The summed E-state index contributed by atoms with van der Waals surface area (Å²) in [5.41, 5.74) is 0.701. The number of anilines is 1. The standard InChI is InChI=1S/C17H14F3N3OS/c1-25-14-5-3-2-4-13(14)21-10-15-22-16(23-24-15)11-6-8-12(9-7-11)17(18,19)20/h2-9,21H,10H2,1H3. The Morgan fingerprint density at radius 1 is 1.08 bits per heavy atom. The van der Waals surface area contributed by atoms with E-state index in [1.54, 1.807) is 11.8 Å². The van der Waals surface area contributed by atoms with E-state index in [2.05, 4.69) is 15.5 Å². The maximum Gasteiger partial charge on any atom is 0.416 e. The summed E-state index contributed by atoms with van der Waals surface area (Å²) in [6.07, 6.45) is -2.38. The fourth-order valence-electron chi connectivity index (χ4n) is 2.21. The minimum atomic E-state index is -4.37. The Kier molecular flexibility index (Phi) is 4.98. The van der Waals surface area contributed by atoms with E-state index in [-0.39, 0.29) is 5.82 Å². The van der Waals surface area contributed by atoms with Crippen LogP contribution < -0.4 is 5.32 Å². The molecule has 3 rings (SSSR count). The minimum Gasteiger partial charge on any atom is -0.375 e. The SMILES string of the molecule is CSc1ccccc1NCc1nc(-c2ccc(C(F)(F)F)cc2)no1. The predicted molar refractivity (Wildman–Crippen MR) is 90.3 cm³/mol. The van der Waals surface area contributed by atoms with Gasteiger partial charge < -0.3 is 9.84 Å². The number of alkyl halides is 3. The Balaban J connectivity index is 1.70. The molecule has 0 saturated heterocycles. The van der Waals surface area contributed by atoms with Gasteiger partial charge >= 0.3 is 6.18 Å². The second-order valence-electron chi connectivity index (χ2n) is 5.14. The van der Waals surface area contributed by atoms with Gasteiger partial charge in [-0.25, -0.2) is 0 Å². The summed E-state index contributed by atoms with van der Waals surface area (Å²) < 4.78 is 42.9. The van der Waals surface area contributed by atoms with E-state index in [1.165, 1.54) is 12.1 Å². The van der Waals surface area contributed by atoms with Crippen molar-refractivity contribution in [2.24, 2.45) is 0 Å². The molecule has 0 spiro atoms. The molecule has 0 unspecified atom stereocenters. The monoisotopic (exact) mass is 365 g/mol. The largest absolute Gasteiger partial charge is 0.416 e. The highest BCUT2D eigenvalue weighted by atomic mass is 32.2. The average Bonchev–Trinajstić information content (AvgIpc) is 3.08. The van der Waals surface area contributed by atoms with Crippen LogP contribution in [-0.4, -0.2) is 16.4 Å². The first-order chi connectivity index (χ1) is 12.0. The van der Waals surface area contributed by atoms with Crippen molar-refractivity contribution in [1.82, 2.24) is 10.1 Å². The van der Waals surface area contributed by atoms with Crippen molar-refractivity contribution in [2.75, 3.05) is 11.6 Å². The minimum absolute atomic E-state index is 0.253. The van der Waals surface area contributed by atoms with Crippen LogP contribution in [0.5, 0.6) is 0 Å². The molecular weight excluding hydrogens is 351 g/mol. The lowest BCUT2D eigenvalue weighted by Gasteiger charge is -2.07. The molecule has 0 amide bonds. The summed E-state index contributed by atoms with van der Waals surface area (Å²) in [4.78, 5) is 5.30. The van der Waals surface area contributed by atoms with Crippen molar-refractivity contribution < 1.29 is 17.7 Å². The molecule has 1 aromatic heterocycles. The molecule has 130 valence electrons. The smallest absolute Gasteiger partial charge is 0.375 e. The average molecular weight is 365 g/mol. The molecule has 0 aliphatic carbocycles. The lowest BCUT2D eigenvalue weighted by molar-refractivity contribution is -0.137. The summed E-state index contributed by atoms with van der Waals surface area (Å²) in [6.45, 7) is 0.325. The highest BCUT2D eigenvalue weighted by Gasteiger charge is 2.30. The zero-order valence-corrected chi connectivity index (χ0v) is 14.0. The van der Waals surface area contributed by atoms with E-state index in [9.17, 15) is 13.2 Å². The number of benzene rings is 2. The molecule has 0 atom stereocenters. The zero-order chi connectivity index (χ0) is 17.9. The molecule has 3 aromatic rings. The number of para-hydroxylation sites is 1. The number of rotatable bonds is 5. The topological polar surface area (TPSA) is 51.0 Å². The Morgan fingerprint density at radius 3 is 2.48 bits per heavy atom. The van der Waals surface area contributed by atoms with E-state index in [4.69, 9.17) is 4.52 Å². The van der Waals surface area contributed by atoms with Gasteiger partial charge in [-0.2, -0.15) is 18.2 Å². The van der Waals surface area contributed by atoms with Gasteiger partial charge in [0, 0.05) is 16.1 Å². The van der Waals surface area contributed by atoms with Crippen LogP contribution in [-0.2, 0) is 12.7 Å². The van der Waals surface area contributed by atoms with Crippen LogP contribution in [0, 0.1) is 0 Å². The molecule has 8 heteroatoms. The summed E-state index contributed by atoms with van der Waals surface area (Å²) >= 11 is 1.61. The number of hydrogen-bond donors (Lipinski definition) is 1. The van der Waals surface area contributed by atoms with E-state index in [0.29, 0.717) is 18.0 Å². The van der Waals surface area contributed by atoms with Gasteiger partial charge in [0.2, 0.25) is 11.7 Å². The molecule has 0 aliphatic heterocycles.